The molecular weight excluding hydrogens is 429 g/mol. The van der Waals surface area contributed by atoms with Crippen molar-refractivity contribution in [2.24, 2.45) is 5.92 Å². The van der Waals surface area contributed by atoms with Crippen molar-refractivity contribution in [1.82, 2.24) is 10.2 Å². The summed E-state index contributed by atoms with van der Waals surface area (Å²) in [7, 11) is 5.13. The number of nitrogens with one attached hydrogen (secondary N) is 2. The minimum absolute atomic E-state index is 0.0774. The van der Waals surface area contributed by atoms with E-state index in [9.17, 15) is 18.0 Å². The number of aliphatic hydroxyl groups excluding tert-OH is 1. The number of amides is 2. The van der Waals surface area contributed by atoms with Crippen molar-refractivity contribution in [3.05, 3.63) is 30.0 Å². The summed E-state index contributed by atoms with van der Waals surface area (Å²) in [6.45, 7) is 1.06. The number of carbonyl (C=O) groups is 1. The zero-order valence-corrected chi connectivity index (χ0v) is 18.3. The van der Waals surface area contributed by atoms with E-state index >= 15 is 0 Å². The summed E-state index contributed by atoms with van der Waals surface area (Å²) in [4.78, 5) is 14.3. The number of anilines is 3. The van der Waals surface area contributed by atoms with Gasteiger partial charge < -0.3 is 21.1 Å². The number of halogens is 3. The number of nitrogens with two attached hydrogens (primary N) is 1. The van der Waals surface area contributed by atoms with Crippen LogP contribution in [0.4, 0.5) is 35.2 Å². The monoisotopic (exact) mass is 459 g/mol. The van der Waals surface area contributed by atoms with Crippen molar-refractivity contribution in [1.29, 1.82) is 0 Å². The first-order valence-corrected chi connectivity index (χ1v) is 10.1. The molecule has 1 aromatic carbocycles. The molecule has 1 heterocycles. The van der Waals surface area contributed by atoms with Crippen LogP contribution >= 0.6 is 0 Å². The fourth-order valence-electron chi connectivity index (χ4n) is 3.76. The Morgan fingerprint density at radius 3 is 2.47 bits per heavy atom. The lowest BCUT2D eigenvalue weighted by molar-refractivity contribution is -0.787. The van der Waals surface area contributed by atoms with Gasteiger partial charge in [0.1, 0.15) is 0 Å². The summed E-state index contributed by atoms with van der Waals surface area (Å²) >= 11 is 0. The van der Waals surface area contributed by atoms with Gasteiger partial charge in [-0.05, 0) is 55.7 Å². The fourth-order valence-corrected chi connectivity index (χ4v) is 3.76. The highest BCUT2D eigenvalue weighted by Gasteiger charge is 2.32. The van der Waals surface area contributed by atoms with Crippen LogP contribution in [0.25, 0.3) is 0 Å². The normalized spacial score (nSPS) is 18.6. The van der Waals surface area contributed by atoms with E-state index in [4.69, 9.17) is 15.4 Å². The molecule has 0 radical (unpaired) electrons. The van der Waals surface area contributed by atoms with Crippen LogP contribution in [0.5, 0.6) is 0 Å². The molecule has 12 heteroatoms. The molecule has 32 heavy (non-hydrogen) atoms. The number of alkyl halides is 3. The third kappa shape index (κ3) is 7.38. The number of carbonyl (C=O) groups excluding carboxylic acids is 1. The topological polar surface area (TPSA) is 121 Å². The number of nitrogen functional groups attached to an aromatic ring is 1. The Kier molecular flexibility index (Phi) is 8.84. The minimum atomic E-state index is -4.57. The van der Waals surface area contributed by atoms with Gasteiger partial charge >= 0.3 is 18.1 Å². The van der Waals surface area contributed by atoms with E-state index in [1.807, 2.05) is 0 Å². The van der Waals surface area contributed by atoms with Crippen LogP contribution in [0, 0.1) is 5.92 Å². The molecule has 9 nitrogen and oxygen atoms in total. The molecule has 2 aromatic rings. The van der Waals surface area contributed by atoms with E-state index in [1.165, 1.54) is 6.07 Å². The van der Waals surface area contributed by atoms with Crippen LogP contribution in [0.1, 0.15) is 37.3 Å². The van der Waals surface area contributed by atoms with Gasteiger partial charge in [-0.2, -0.15) is 13.2 Å². The summed E-state index contributed by atoms with van der Waals surface area (Å²) in [5, 5.41) is 15.7. The Balaban J connectivity index is 0.00000176. The first-order chi connectivity index (χ1) is 15.1. The third-order valence-electron chi connectivity index (χ3n) is 5.07. The van der Waals surface area contributed by atoms with Gasteiger partial charge in [0.2, 0.25) is 5.27 Å². The molecule has 0 spiro atoms. The maximum atomic E-state index is 12.9. The molecule has 0 saturated heterocycles. The second-order valence-electron chi connectivity index (χ2n) is 7.90. The fraction of sp³-hybridized carbons (Fsp3) is 0.550. The summed E-state index contributed by atoms with van der Waals surface area (Å²) < 4.78 is 45.5. The van der Waals surface area contributed by atoms with Gasteiger partial charge in [-0.3, -0.25) is 9.84 Å². The van der Waals surface area contributed by atoms with Crippen molar-refractivity contribution in [3.8, 4) is 0 Å². The molecule has 1 aliphatic carbocycles. The predicted octanol–water partition coefficient (Wildman–Crippen LogP) is 3.11. The van der Waals surface area contributed by atoms with Crippen LogP contribution < -0.4 is 21.0 Å². The van der Waals surface area contributed by atoms with E-state index in [2.05, 4.69) is 34.9 Å². The molecule has 5 N–H and O–H groups in total. The summed E-state index contributed by atoms with van der Waals surface area (Å²) in [5.41, 5.74) is 4.37. The molecule has 1 aromatic heterocycles. The number of hydrogen-bond donors (Lipinski definition) is 4. The van der Waals surface area contributed by atoms with Gasteiger partial charge in [0.25, 0.3) is 6.20 Å². The predicted molar refractivity (Wildman–Crippen MR) is 113 cm³/mol. The van der Waals surface area contributed by atoms with Gasteiger partial charge in [0.05, 0.1) is 5.56 Å². The Morgan fingerprint density at radius 2 is 1.88 bits per heavy atom. The molecule has 0 aliphatic heterocycles. The maximum absolute atomic E-state index is 12.9. The Bertz CT molecular complexity index is 880. The number of aliphatic hydroxyl groups is 1. The number of urea groups is 1. The highest BCUT2D eigenvalue weighted by molar-refractivity contribution is 5.99. The minimum Gasteiger partial charge on any atom is -0.400 e. The molecule has 1 fully saturated rings. The lowest BCUT2D eigenvalue weighted by atomic mass is 9.86. The quantitative estimate of drug-likeness (QED) is 0.403. The molecule has 0 atom stereocenters. The average molecular weight is 459 g/mol. The maximum Gasteiger partial charge on any atom is 0.416 e. The van der Waals surface area contributed by atoms with Crippen molar-refractivity contribution in [2.75, 3.05) is 44.1 Å². The zero-order chi connectivity index (χ0) is 23.9. The number of benzene rings is 1. The lowest BCUT2D eigenvalue weighted by Gasteiger charge is -2.26. The molecule has 178 valence electrons. The molecular formula is C20H30F3N6O3+. The molecule has 3 rings (SSSR count). The summed E-state index contributed by atoms with van der Waals surface area (Å²) in [5.74, 6) is 0.759. The van der Waals surface area contributed by atoms with Crippen molar-refractivity contribution < 1.29 is 32.3 Å². The van der Waals surface area contributed by atoms with Gasteiger partial charge in [0.15, 0.2) is 6.04 Å². The summed E-state index contributed by atoms with van der Waals surface area (Å²) in [6, 6.07) is 2.28. The van der Waals surface area contributed by atoms with Crippen LogP contribution in [-0.2, 0) is 6.18 Å². The van der Waals surface area contributed by atoms with E-state index in [0.717, 1.165) is 51.5 Å². The summed E-state index contributed by atoms with van der Waals surface area (Å²) in [6.07, 6.45) is 1.11. The standard InChI is InChI=1S/C19H25F3N6O2.CH4O/c1-27(2)10-12-3-5-16(6-4-12)28-11-17(30-26-28)25-18(29)24-15-8-13(19(20,21)22)7-14(23)9-15;1-2/h7-9,11-12,16H,3-6,10,23H2,1-2H3,(H-,24,25,26,29);2H,1H3/p+1. The highest BCUT2D eigenvalue weighted by Crippen LogP contribution is 2.33. The Labute approximate surface area is 184 Å². The van der Waals surface area contributed by atoms with Crippen LogP contribution in [0.2, 0.25) is 0 Å². The molecule has 2 amide bonds. The largest absolute Gasteiger partial charge is 0.416 e. The number of nitrogens with zero attached hydrogens (tertiary/aromatic N) is 3. The Hall–Kier alpha value is -2.86. The average Bonchev–Trinajstić information content (AvgIpc) is 3.16. The van der Waals surface area contributed by atoms with Crippen molar-refractivity contribution in [2.45, 2.75) is 37.9 Å². The van der Waals surface area contributed by atoms with E-state index < -0.39 is 17.8 Å². The van der Waals surface area contributed by atoms with Gasteiger partial charge in [0, 0.05) is 37.9 Å². The van der Waals surface area contributed by atoms with E-state index in [1.54, 1.807) is 10.9 Å². The molecule has 1 aliphatic rings. The van der Waals surface area contributed by atoms with E-state index in [0.29, 0.717) is 5.92 Å². The first-order valence-electron chi connectivity index (χ1n) is 10.1. The SMILES string of the molecule is CN(C)CC1CCC([n+]2cc(NC(=O)Nc3cc(N)cc(C(F)(F)F)c3)on2)CC1.CO. The van der Waals surface area contributed by atoms with E-state index in [-0.39, 0.29) is 23.3 Å². The number of hydrogen-bond acceptors (Lipinski definition) is 6. The number of rotatable bonds is 5. The number of aromatic nitrogens is 2. The molecule has 0 unspecified atom stereocenters. The highest BCUT2D eigenvalue weighted by atomic mass is 19.4. The van der Waals surface area contributed by atoms with Gasteiger partial charge in [-0.25, -0.2) is 4.79 Å². The second kappa shape index (κ2) is 11.1. The smallest absolute Gasteiger partial charge is 0.400 e. The zero-order valence-electron chi connectivity index (χ0n) is 18.3. The molecule has 1 saturated carbocycles. The third-order valence-corrected chi connectivity index (χ3v) is 5.07. The Morgan fingerprint density at radius 1 is 1.22 bits per heavy atom. The van der Waals surface area contributed by atoms with Crippen molar-refractivity contribution in [3.63, 3.8) is 0 Å². The van der Waals surface area contributed by atoms with Gasteiger partial charge in [-0.1, -0.05) is 0 Å². The van der Waals surface area contributed by atoms with Crippen LogP contribution in [-0.4, -0.2) is 49.1 Å². The van der Waals surface area contributed by atoms with Gasteiger partial charge in [-0.15, -0.1) is 0 Å². The molecule has 0 bridgehead atoms. The van der Waals surface area contributed by atoms with Crippen LogP contribution in [0.15, 0.2) is 28.9 Å². The lowest BCUT2D eigenvalue weighted by Crippen LogP contribution is -2.43. The second-order valence-corrected chi connectivity index (χ2v) is 7.90. The van der Waals surface area contributed by atoms with Crippen LogP contribution in [0.3, 0.4) is 0 Å². The van der Waals surface area contributed by atoms with Crippen molar-refractivity contribution >= 4 is 23.3 Å². The first kappa shape index (κ1) is 25.4.